The summed E-state index contributed by atoms with van der Waals surface area (Å²) in [4.78, 5) is 14.2. The van der Waals surface area contributed by atoms with E-state index in [1.165, 1.54) is 0 Å². The number of fused-ring (bicyclic) bond motifs is 2. The minimum Gasteiger partial charge on any atom is -0.494 e. The number of rotatable bonds is 4. The highest BCUT2D eigenvalue weighted by atomic mass is 16.5. The normalized spacial score (nSPS) is 11.3. The third-order valence-electron chi connectivity index (χ3n) is 4.32. The molecular weight excluding hydrogens is 340 g/mol. The molecule has 5 rings (SSSR count). The van der Waals surface area contributed by atoms with Gasteiger partial charge in [0.05, 0.1) is 23.9 Å². The fraction of sp³-hybridized carbons (Fsp3) is 0.0952. The fourth-order valence-electron chi connectivity index (χ4n) is 3.13. The Balaban J connectivity index is 1.79. The molecule has 0 saturated carbocycles. The Morgan fingerprint density at radius 3 is 2.37 bits per heavy atom. The maximum Gasteiger partial charge on any atom is 0.199 e. The zero-order valence-corrected chi connectivity index (χ0v) is 14.7. The number of hydrogen-bond donors (Lipinski definition) is 0. The van der Waals surface area contributed by atoms with Crippen molar-refractivity contribution in [3.8, 4) is 23.0 Å². The fourth-order valence-corrected chi connectivity index (χ4v) is 3.13. The van der Waals surface area contributed by atoms with Crippen molar-refractivity contribution in [2.75, 3.05) is 6.61 Å². The summed E-state index contributed by atoms with van der Waals surface area (Å²) < 4.78 is 13.1. The second kappa shape index (κ2) is 6.25. The molecule has 132 valence electrons. The molecule has 0 amide bonds. The number of benzene rings is 2. The van der Waals surface area contributed by atoms with Gasteiger partial charge in [-0.2, -0.15) is 0 Å². The van der Waals surface area contributed by atoms with Gasteiger partial charge in [-0.3, -0.25) is 4.57 Å². The molecule has 0 aliphatic heterocycles. The summed E-state index contributed by atoms with van der Waals surface area (Å²) in [7, 11) is 0. The third kappa shape index (κ3) is 2.62. The summed E-state index contributed by atoms with van der Waals surface area (Å²) in [6.07, 6.45) is 1.63. The Hall–Kier alpha value is -3.67. The van der Waals surface area contributed by atoms with Crippen LogP contribution in [0.2, 0.25) is 0 Å². The van der Waals surface area contributed by atoms with Crippen molar-refractivity contribution in [1.82, 2.24) is 19.5 Å². The summed E-state index contributed by atoms with van der Waals surface area (Å²) in [6.45, 7) is 2.59. The lowest BCUT2D eigenvalue weighted by atomic mass is 10.3. The maximum atomic E-state index is 5.61. The predicted molar refractivity (Wildman–Crippen MR) is 103 cm³/mol. The topological polar surface area (TPSA) is 66.0 Å². The molecule has 0 saturated heterocycles. The van der Waals surface area contributed by atoms with Crippen LogP contribution >= 0.6 is 0 Å². The van der Waals surface area contributed by atoms with Gasteiger partial charge in [0.2, 0.25) is 0 Å². The molecule has 0 fully saturated rings. The Morgan fingerprint density at radius 1 is 0.889 bits per heavy atom. The molecule has 0 atom stereocenters. The van der Waals surface area contributed by atoms with Crippen LogP contribution in [0.15, 0.2) is 71.3 Å². The highest BCUT2D eigenvalue weighted by molar-refractivity contribution is 5.85. The van der Waals surface area contributed by atoms with Crippen molar-refractivity contribution < 1.29 is 9.15 Å². The number of furan rings is 1. The van der Waals surface area contributed by atoms with E-state index in [4.69, 9.17) is 19.1 Å². The van der Waals surface area contributed by atoms with E-state index in [1.807, 2.05) is 72.2 Å². The Bertz CT molecular complexity index is 1220. The van der Waals surface area contributed by atoms with Crippen LogP contribution in [0.4, 0.5) is 0 Å². The van der Waals surface area contributed by atoms with E-state index in [0.717, 1.165) is 22.5 Å². The molecule has 3 heterocycles. The molecule has 5 aromatic rings. The molecule has 3 aromatic heterocycles. The van der Waals surface area contributed by atoms with Crippen molar-refractivity contribution in [2.45, 2.75) is 6.92 Å². The zero-order chi connectivity index (χ0) is 18.2. The van der Waals surface area contributed by atoms with Gasteiger partial charge in [0.25, 0.3) is 0 Å². The lowest BCUT2D eigenvalue weighted by molar-refractivity contribution is 0.340. The van der Waals surface area contributed by atoms with Crippen LogP contribution in [-0.4, -0.2) is 26.1 Å². The summed E-state index contributed by atoms with van der Waals surface area (Å²) in [5.41, 5.74) is 3.81. The van der Waals surface area contributed by atoms with Crippen LogP contribution in [0.5, 0.6) is 5.75 Å². The van der Waals surface area contributed by atoms with Crippen molar-refractivity contribution in [3.05, 3.63) is 66.9 Å². The number of para-hydroxylation sites is 2. The van der Waals surface area contributed by atoms with Crippen molar-refractivity contribution in [1.29, 1.82) is 0 Å². The highest BCUT2D eigenvalue weighted by Gasteiger charge is 2.19. The van der Waals surface area contributed by atoms with Crippen LogP contribution in [0.3, 0.4) is 0 Å². The monoisotopic (exact) mass is 356 g/mol. The van der Waals surface area contributed by atoms with Gasteiger partial charge in [-0.15, -0.1) is 0 Å². The van der Waals surface area contributed by atoms with Crippen molar-refractivity contribution >= 4 is 22.3 Å². The average Bonchev–Trinajstić information content (AvgIpc) is 3.35. The average molecular weight is 356 g/mol. The lowest BCUT2D eigenvalue weighted by Gasteiger charge is -2.09. The number of ether oxygens (including phenoxy) is 1. The molecule has 2 aromatic carbocycles. The van der Waals surface area contributed by atoms with Gasteiger partial charge in [0.15, 0.2) is 22.9 Å². The Kier molecular flexibility index (Phi) is 3.60. The van der Waals surface area contributed by atoms with Gasteiger partial charge >= 0.3 is 0 Å². The van der Waals surface area contributed by atoms with Gasteiger partial charge in [0, 0.05) is 5.69 Å². The van der Waals surface area contributed by atoms with E-state index in [0.29, 0.717) is 29.5 Å². The first kappa shape index (κ1) is 15.6. The summed E-state index contributed by atoms with van der Waals surface area (Å²) >= 11 is 0. The Morgan fingerprint density at radius 2 is 1.67 bits per heavy atom. The molecule has 0 unspecified atom stereocenters. The molecule has 0 N–H and O–H groups in total. The van der Waals surface area contributed by atoms with E-state index in [-0.39, 0.29) is 0 Å². The van der Waals surface area contributed by atoms with E-state index >= 15 is 0 Å². The molecule has 0 aliphatic carbocycles. The first-order valence-electron chi connectivity index (χ1n) is 8.76. The van der Waals surface area contributed by atoms with Crippen LogP contribution in [0, 0.1) is 0 Å². The van der Waals surface area contributed by atoms with Gasteiger partial charge in [-0.25, -0.2) is 15.0 Å². The van der Waals surface area contributed by atoms with E-state index in [9.17, 15) is 0 Å². The standard InChI is InChI=1S/C21H16N4O2/c1-2-26-15-11-9-14(10-12-15)25-20(18-8-5-13-27-18)24-19-21(25)23-17-7-4-3-6-16(17)22-19/h3-13H,2H2,1H3. The largest absolute Gasteiger partial charge is 0.494 e. The van der Waals surface area contributed by atoms with E-state index in [1.54, 1.807) is 6.26 Å². The molecule has 0 spiro atoms. The molecule has 27 heavy (non-hydrogen) atoms. The molecule has 6 nitrogen and oxygen atoms in total. The van der Waals surface area contributed by atoms with Crippen LogP contribution in [0.25, 0.3) is 39.6 Å². The third-order valence-corrected chi connectivity index (χ3v) is 4.32. The van der Waals surface area contributed by atoms with Gasteiger partial charge in [0.1, 0.15) is 5.75 Å². The van der Waals surface area contributed by atoms with Gasteiger partial charge in [-0.05, 0) is 55.5 Å². The number of hydrogen-bond acceptors (Lipinski definition) is 5. The highest BCUT2D eigenvalue weighted by Crippen LogP contribution is 2.29. The Labute approximate surface area is 155 Å². The minimum atomic E-state index is 0.578. The second-order valence-electron chi connectivity index (χ2n) is 6.03. The number of aromatic nitrogens is 4. The van der Waals surface area contributed by atoms with Crippen molar-refractivity contribution in [3.63, 3.8) is 0 Å². The smallest absolute Gasteiger partial charge is 0.199 e. The lowest BCUT2D eigenvalue weighted by Crippen LogP contribution is -1.99. The van der Waals surface area contributed by atoms with E-state index < -0.39 is 0 Å². The summed E-state index contributed by atoms with van der Waals surface area (Å²) in [5, 5.41) is 0. The first-order chi connectivity index (χ1) is 13.3. The molecule has 0 aliphatic rings. The maximum absolute atomic E-state index is 5.61. The summed E-state index contributed by atoms with van der Waals surface area (Å²) in [5.74, 6) is 2.14. The van der Waals surface area contributed by atoms with Gasteiger partial charge in [-0.1, -0.05) is 12.1 Å². The molecule has 0 bridgehead atoms. The summed E-state index contributed by atoms with van der Waals surface area (Å²) in [6, 6.07) is 19.3. The van der Waals surface area contributed by atoms with Gasteiger partial charge < -0.3 is 9.15 Å². The molecular formula is C21H16N4O2. The van der Waals surface area contributed by atoms with Crippen LogP contribution in [-0.2, 0) is 0 Å². The zero-order valence-electron chi connectivity index (χ0n) is 14.7. The predicted octanol–water partition coefficient (Wildman–Crippen LogP) is 4.63. The molecule has 6 heteroatoms. The van der Waals surface area contributed by atoms with E-state index in [2.05, 4.69) is 4.98 Å². The quantitative estimate of drug-likeness (QED) is 0.470. The second-order valence-corrected chi connectivity index (χ2v) is 6.03. The minimum absolute atomic E-state index is 0.578. The number of imidazole rings is 1. The number of nitrogens with zero attached hydrogens (tertiary/aromatic N) is 4. The van der Waals surface area contributed by atoms with Crippen LogP contribution < -0.4 is 4.74 Å². The SMILES string of the molecule is CCOc1ccc(-n2c(-c3ccco3)nc3nc4ccccc4nc32)cc1. The van der Waals surface area contributed by atoms with Crippen LogP contribution in [0.1, 0.15) is 6.92 Å². The first-order valence-corrected chi connectivity index (χ1v) is 8.76. The molecule has 0 radical (unpaired) electrons. The van der Waals surface area contributed by atoms with Crippen molar-refractivity contribution in [2.24, 2.45) is 0 Å².